The summed E-state index contributed by atoms with van der Waals surface area (Å²) in [6.45, 7) is 1.54. The topological polar surface area (TPSA) is 26.3 Å². The molecule has 0 aliphatic rings. The monoisotopic (exact) mass is 246 g/mol. The summed E-state index contributed by atoms with van der Waals surface area (Å²) in [5, 5.41) is 0. The fourth-order valence-electron chi connectivity index (χ4n) is 0.968. The molecule has 70 valence electrons. The molecule has 1 aromatic rings. The van der Waals surface area contributed by atoms with E-state index in [1.165, 1.54) is 26.2 Å². The van der Waals surface area contributed by atoms with E-state index in [1.807, 2.05) is 0 Å². The van der Waals surface area contributed by atoms with E-state index in [2.05, 4.69) is 20.7 Å². The molecule has 0 radical (unpaired) electrons. The van der Waals surface area contributed by atoms with Crippen LogP contribution in [0.4, 0.5) is 4.39 Å². The van der Waals surface area contributed by atoms with Gasteiger partial charge in [0.15, 0.2) is 0 Å². The largest absolute Gasteiger partial charge is 0.465 e. The van der Waals surface area contributed by atoms with Crippen molar-refractivity contribution in [1.29, 1.82) is 0 Å². The van der Waals surface area contributed by atoms with Gasteiger partial charge in [0, 0.05) is 4.47 Å². The van der Waals surface area contributed by atoms with Crippen molar-refractivity contribution in [2.45, 2.75) is 6.92 Å². The Balaban J connectivity index is 3.28. The Morgan fingerprint density at radius 3 is 2.69 bits per heavy atom. The molecule has 0 spiro atoms. The van der Waals surface area contributed by atoms with Gasteiger partial charge in [0.1, 0.15) is 5.82 Å². The van der Waals surface area contributed by atoms with Gasteiger partial charge in [-0.15, -0.1) is 0 Å². The first-order valence-corrected chi connectivity index (χ1v) is 4.39. The summed E-state index contributed by atoms with van der Waals surface area (Å²) in [6, 6.07) is 2.84. The van der Waals surface area contributed by atoms with Gasteiger partial charge in [-0.3, -0.25) is 0 Å². The van der Waals surface area contributed by atoms with Crippen LogP contribution in [0.3, 0.4) is 0 Å². The van der Waals surface area contributed by atoms with E-state index >= 15 is 0 Å². The van der Waals surface area contributed by atoms with E-state index in [1.54, 1.807) is 0 Å². The summed E-state index contributed by atoms with van der Waals surface area (Å²) in [6.07, 6.45) is 0. The van der Waals surface area contributed by atoms with Crippen molar-refractivity contribution >= 4 is 21.9 Å². The summed E-state index contributed by atoms with van der Waals surface area (Å²) in [7, 11) is 1.26. The predicted octanol–water partition coefficient (Wildman–Crippen LogP) is 2.68. The molecule has 1 aromatic carbocycles. The third-order valence-corrected chi connectivity index (χ3v) is 2.17. The van der Waals surface area contributed by atoms with Crippen molar-refractivity contribution in [3.63, 3.8) is 0 Å². The van der Waals surface area contributed by atoms with Crippen molar-refractivity contribution < 1.29 is 13.9 Å². The number of ether oxygens (including phenoxy) is 1. The number of hydrogen-bond donors (Lipinski definition) is 0. The highest BCUT2D eigenvalue weighted by molar-refractivity contribution is 9.10. The first-order valence-electron chi connectivity index (χ1n) is 3.60. The molecule has 13 heavy (non-hydrogen) atoms. The van der Waals surface area contributed by atoms with E-state index in [0.717, 1.165) is 0 Å². The van der Waals surface area contributed by atoms with Gasteiger partial charge in [0.2, 0.25) is 0 Å². The molecule has 0 aromatic heterocycles. The Morgan fingerprint density at radius 2 is 2.15 bits per heavy atom. The maximum absolute atomic E-state index is 13.1. The lowest BCUT2D eigenvalue weighted by Gasteiger charge is -2.05. The highest BCUT2D eigenvalue weighted by Crippen LogP contribution is 2.20. The lowest BCUT2D eigenvalue weighted by Crippen LogP contribution is -2.05. The van der Waals surface area contributed by atoms with Crippen molar-refractivity contribution in [3.05, 3.63) is 33.5 Å². The second kappa shape index (κ2) is 3.87. The molecule has 0 bridgehead atoms. The maximum atomic E-state index is 13.1. The number of methoxy groups -OCH3 is 1. The van der Waals surface area contributed by atoms with Gasteiger partial charge in [-0.25, -0.2) is 9.18 Å². The molecule has 4 heteroatoms. The molecular formula is C9H8BrFO2. The molecule has 0 N–H and O–H groups in total. The lowest BCUT2D eigenvalue weighted by molar-refractivity contribution is 0.0599. The second-order valence-electron chi connectivity index (χ2n) is 2.55. The van der Waals surface area contributed by atoms with Gasteiger partial charge in [0.05, 0.1) is 12.7 Å². The predicted molar refractivity (Wildman–Crippen MR) is 50.2 cm³/mol. The molecule has 1 rings (SSSR count). The minimum atomic E-state index is -0.530. The summed E-state index contributed by atoms with van der Waals surface area (Å²) >= 11 is 3.10. The van der Waals surface area contributed by atoms with Crippen molar-refractivity contribution in [2.24, 2.45) is 0 Å². The Labute approximate surface area is 83.8 Å². The molecule has 0 atom stereocenters. The van der Waals surface area contributed by atoms with Crippen molar-refractivity contribution in [3.8, 4) is 0 Å². The van der Waals surface area contributed by atoms with Gasteiger partial charge >= 0.3 is 5.97 Å². The zero-order valence-corrected chi connectivity index (χ0v) is 8.81. The smallest absolute Gasteiger partial charge is 0.338 e. The average Bonchev–Trinajstić information content (AvgIpc) is 2.10. The first-order chi connectivity index (χ1) is 6.06. The first kappa shape index (κ1) is 10.2. The van der Waals surface area contributed by atoms with E-state index in [-0.39, 0.29) is 5.56 Å². The minimum absolute atomic E-state index is 0.245. The van der Waals surface area contributed by atoms with Crippen LogP contribution >= 0.6 is 15.9 Å². The van der Waals surface area contributed by atoms with Gasteiger partial charge in [-0.1, -0.05) is 15.9 Å². The van der Waals surface area contributed by atoms with Crippen LogP contribution in [0.15, 0.2) is 16.6 Å². The zero-order valence-electron chi connectivity index (χ0n) is 7.23. The van der Waals surface area contributed by atoms with Crippen LogP contribution in [-0.2, 0) is 4.74 Å². The van der Waals surface area contributed by atoms with E-state index in [4.69, 9.17) is 0 Å². The third-order valence-electron chi connectivity index (χ3n) is 1.71. The third kappa shape index (κ3) is 2.06. The summed E-state index contributed by atoms with van der Waals surface area (Å²) in [4.78, 5) is 11.1. The van der Waals surface area contributed by atoms with E-state index in [0.29, 0.717) is 10.0 Å². The molecule has 0 saturated carbocycles. The molecule has 0 aliphatic carbocycles. The fourth-order valence-corrected chi connectivity index (χ4v) is 1.40. The quantitative estimate of drug-likeness (QED) is 0.713. The number of rotatable bonds is 1. The normalized spacial score (nSPS) is 9.85. The van der Waals surface area contributed by atoms with Crippen LogP contribution in [-0.4, -0.2) is 13.1 Å². The molecule has 0 fully saturated rings. The SMILES string of the molecule is COC(=O)c1cc(Br)cc(F)c1C. The number of carbonyl (C=O) groups excluding carboxylic acids is 1. The Morgan fingerprint density at radius 1 is 1.54 bits per heavy atom. The van der Waals surface area contributed by atoms with Crippen molar-refractivity contribution in [1.82, 2.24) is 0 Å². The molecule has 0 amide bonds. The van der Waals surface area contributed by atoms with Crippen LogP contribution in [0.2, 0.25) is 0 Å². The van der Waals surface area contributed by atoms with Crippen LogP contribution in [0.5, 0.6) is 0 Å². The lowest BCUT2D eigenvalue weighted by atomic mass is 10.1. The van der Waals surface area contributed by atoms with Gasteiger partial charge < -0.3 is 4.74 Å². The number of benzene rings is 1. The Kier molecular flexibility index (Phi) is 3.03. The van der Waals surface area contributed by atoms with Gasteiger partial charge in [0.25, 0.3) is 0 Å². The molecule has 0 heterocycles. The van der Waals surface area contributed by atoms with Crippen LogP contribution in [0.1, 0.15) is 15.9 Å². The molecular weight excluding hydrogens is 239 g/mol. The van der Waals surface area contributed by atoms with Crippen LogP contribution in [0.25, 0.3) is 0 Å². The molecule has 0 unspecified atom stereocenters. The maximum Gasteiger partial charge on any atom is 0.338 e. The van der Waals surface area contributed by atoms with Gasteiger partial charge in [-0.2, -0.15) is 0 Å². The van der Waals surface area contributed by atoms with Crippen LogP contribution in [0, 0.1) is 12.7 Å². The highest BCUT2D eigenvalue weighted by Gasteiger charge is 2.13. The molecule has 0 aliphatic heterocycles. The Bertz CT molecular complexity index is 350. The minimum Gasteiger partial charge on any atom is -0.465 e. The molecule has 2 nitrogen and oxygen atoms in total. The average molecular weight is 247 g/mol. The summed E-state index contributed by atoms with van der Waals surface area (Å²) in [5.74, 6) is -0.951. The van der Waals surface area contributed by atoms with E-state index < -0.39 is 11.8 Å². The second-order valence-corrected chi connectivity index (χ2v) is 3.47. The van der Waals surface area contributed by atoms with Gasteiger partial charge in [-0.05, 0) is 24.6 Å². The fraction of sp³-hybridized carbons (Fsp3) is 0.222. The zero-order chi connectivity index (χ0) is 10.0. The number of esters is 1. The Hall–Kier alpha value is -0.900. The van der Waals surface area contributed by atoms with E-state index in [9.17, 15) is 9.18 Å². The molecule has 0 saturated heterocycles. The van der Waals surface area contributed by atoms with Crippen molar-refractivity contribution in [2.75, 3.05) is 7.11 Å². The number of carbonyl (C=O) groups is 1. The summed E-state index contributed by atoms with van der Waals surface area (Å²) < 4.78 is 18.1. The standard InChI is InChI=1S/C9H8BrFO2/c1-5-7(9(12)13-2)3-6(10)4-8(5)11/h3-4H,1-2H3. The number of hydrogen-bond acceptors (Lipinski definition) is 2. The van der Waals surface area contributed by atoms with Crippen LogP contribution < -0.4 is 0 Å². The number of halogens is 2. The summed E-state index contributed by atoms with van der Waals surface area (Å²) in [5.41, 5.74) is 0.546. The highest BCUT2D eigenvalue weighted by atomic mass is 79.9.